The molecule has 0 saturated heterocycles. The maximum absolute atomic E-state index is 5.40. The molecule has 0 N–H and O–H groups in total. The van der Waals surface area contributed by atoms with Crippen molar-refractivity contribution in [1.82, 2.24) is 24.8 Å². The smallest absolute Gasteiger partial charge is 0.274 e. The molecule has 0 atom stereocenters. The first-order chi connectivity index (χ1) is 11.8. The van der Waals surface area contributed by atoms with Gasteiger partial charge in [-0.3, -0.25) is 0 Å². The molecule has 4 aromatic rings. The van der Waals surface area contributed by atoms with Gasteiger partial charge in [-0.25, -0.2) is 0 Å². The molecule has 0 amide bonds. The fourth-order valence-electron chi connectivity index (χ4n) is 2.61. The van der Waals surface area contributed by atoms with Crippen molar-refractivity contribution in [3.63, 3.8) is 0 Å². The number of rotatable bonds is 4. The van der Waals surface area contributed by atoms with E-state index in [2.05, 4.69) is 20.3 Å². The van der Waals surface area contributed by atoms with Crippen molar-refractivity contribution in [2.75, 3.05) is 7.11 Å². The molecule has 6 heteroatoms. The minimum Gasteiger partial charge on any atom is -0.479 e. The highest BCUT2D eigenvalue weighted by molar-refractivity contribution is 5.68. The van der Waals surface area contributed by atoms with Gasteiger partial charge in [-0.05, 0) is 5.56 Å². The number of aromatic nitrogens is 5. The Morgan fingerprint density at radius 2 is 1.62 bits per heavy atom. The first kappa shape index (κ1) is 14.3. The molecular weight excluding hydrogens is 302 g/mol. The van der Waals surface area contributed by atoms with Crippen molar-refractivity contribution in [2.24, 2.45) is 0 Å². The van der Waals surface area contributed by atoms with Gasteiger partial charge >= 0.3 is 0 Å². The Hall–Kier alpha value is -3.28. The van der Waals surface area contributed by atoms with Gasteiger partial charge in [0.1, 0.15) is 5.69 Å². The van der Waals surface area contributed by atoms with Crippen LogP contribution in [0, 0.1) is 0 Å². The lowest BCUT2D eigenvalue weighted by atomic mass is 10.1. The van der Waals surface area contributed by atoms with E-state index in [0.717, 1.165) is 16.8 Å². The summed E-state index contributed by atoms with van der Waals surface area (Å²) in [4.78, 5) is 4.36. The average Bonchev–Trinajstić information content (AvgIpc) is 3.01. The van der Waals surface area contributed by atoms with Crippen molar-refractivity contribution < 1.29 is 4.74 Å². The maximum atomic E-state index is 5.40. The summed E-state index contributed by atoms with van der Waals surface area (Å²) >= 11 is 0. The summed E-state index contributed by atoms with van der Waals surface area (Å²) in [5.41, 5.74) is 2.87. The molecule has 0 aliphatic heterocycles. The van der Waals surface area contributed by atoms with Crippen molar-refractivity contribution in [3.05, 3.63) is 72.1 Å². The molecule has 2 aromatic heterocycles. The monoisotopic (exact) mass is 317 g/mol. The summed E-state index contributed by atoms with van der Waals surface area (Å²) in [5.74, 6) is 1.54. The number of ether oxygens (including phenoxy) is 1. The predicted octanol–water partition coefficient (Wildman–Crippen LogP) is 2.79. The molecule has 4 rings (SSSR count). The van der Waals surface area contributed by atoms with Crippen LogP contribution in [0.1, 0.15) is 11.4 Å². The summed E-state index contributed by atoms with van der Waals surface area (Å²) in [5, 5.41) is 13.0. The number of imidazole rings is 1. The van der Waals surface area contributed by atoms with Crippen LogP contribution in [0.15, 0.2) is 60.7 Å². The summed E-state index contributed by atoms with van der Waals surface area (Å²) in [7, 11) is 1.59. The van der Waals surface area contributed by atoms with Crippen LogP contribution in [0.25, 0.3) is 17.0 Å². The molecule has 2 aromatic carbocycles. The Labute approximate surface area is 138 Å². The molecule has 0 unspecified atom stereocenters. The summed E-state index contributed by atoms with van der Waals surface area (Å²) in [6, 6.07) is 19.9. The largest absolute Gasteiger partial charge is 0.479 e. The van der Waals surface area contributed by atoms with E-state index in [-0.39, 0.29) is 0 Å². The predicted molar refractivity (Wildman–Crippen MR) is 89.8 cm³/mol. The minimum absolute atomic E-state index is 0.419. The summed E-state index contributed by atoms with van der Waals surface area (Å²) < 4.78 is 7.10. The van der Waals surface area contributed by atoms with Crippen LogP contribution >= 0.6 is 0 Å². The second-order valence-electron chi connectivity index (χ2n) is 5.33. The molecule has 0 bridgehead atoms. The van der Waals surface area contributed by atoms with Gasteiger partial charge < -0.3 is 4.74 Å². The number of methoxy groups -OCH3 is 1. The zero-order chi connectivity index (χ0) is 16.4. The van der Waals surface area contributed by atoms with Gasteiger partial charge in [0.2, 0.25) is 5.88 Å². The van der Waals surface area contributed by atoms with Crippen molar-refractivity contribution in [3.8, 4) is 17.1 Å². The van der Waals surface area contributed by atoms with Gasteiger partial charge in [0.15, 0.2) is 5.82 Å². The summed E-state index contributed by atoms with van der Waals surface area (Å²) in [6.07, 6.45) is 0.610. The van der Waals surface area contributed by atoms with Gasteiger partial charge in [0.05, 0.1) is 7.11 Å². The summed E-state index contributed by atoms with van der Waals surface area (Å²) in [6.45, 7) is 0. The first-order valence-corrected chi connectivity index (χ1v) is 7.61. The lowest BCUT2D eigenvalue weighted by molar-refractivity contribution is 0.402. The zero-order valence-corrected chi connectivity index (χ0v) is 13.1. The molecule has 0 aliphatic carbocycles. The minimum atomic E-state index is 0.419. The number of hydrogen-bond acceptors (Lipinski definition) is 5. The Morgan fingerprint density at radius 3 is 2.33 bits per heavy atom. The SMILES string of the molecule is COc1nc2nnc(Cc3ccccc3)nn2c1-c1ccccc1. The molecule has 24 heavy (non-hydrogen) atoms. The highest BCUT2D eigenvalue weighted by atomic mass is 16.5. The van der Waals surface area contributed by atoms with Crippen molar-refractivity contribution in [1.29, 1.82) is 0 Å². The topological polar surface area (TPSA) is 65.2 Å². The second kappa shape index (κ2) is 6.08. The third-order valence-corrected chi connectivity index (χ3v) is 3.72. The molecule has 2 heterocycles. The Bertz CT molecular complexity index is 967. The quantitative estimate of drug-likeness (QED) is 0.579. The highest BCUT2D eigenvalue weighted by Crippen LogP contribution is 2.29. The molecule has 6 nitrogen and oxygen atoms in total. The fraction of sp³-hybridized carbons (Fsp3) is 0.111. The molecule has 0 saturated carbocycles. The van der Waals surface area contributed by atoms with Crippen LogP contribution in [-0.2, 0) is 6.42 Å². The van der Waals surface area contributed by atoms with E-state index in [4.69, 9.17) is 4.74 Å². The van der Waals surface area contributed by atoms with Gasteiger partial charge in [-0.15, -0.1) is 15.3 Å². The lowest BCUT2D eigenvalue weighted by Crippen LogP contribution is -2.06. The molecule has 0 fully saturated rings. The van der Waals surface area contributed by atoms with E-state index in [9.17, 15) is 0 Å². The molecule has 0 aliphatic rings. The Morgan fingerprint density at radius 1 is 0.917 bits per heavy atom. The third kappa shape index (κ3) is 2.58. The van der Waals surface area contributed by atoms with Crippen molar-refractivity contribution in [2.45, 2.75) is 6.42 Å². The van der Waals surface area contributed by atoms with E-state index < -0.39 is 0 Å². The number of nitrogens with zero attached hydrogens (tertiary/aromatic N) is 5. The molecular formula is C18H15N5O. The van der Waals surface area contributed by atoms with Crippen molar-refractivity contribution >= 4 is 5.78 Å². The van der Waals surface area contributed by atoms with Crippen LogP contribution in [0.2, 0.25) is 0 Å². The zero-order valence-electron chi connectivity index (χ0n) is 13.1. The van der Waals surface area contributed by atoms with E-state index >= 15 is 0 Å². The van der Waals surface area contributed by atoms with Gasteiger partial charge in [-0.1, -0.05) is 60.7 Å². The van der Waals surface area contributed by atoms with E-state index in [1.54, 1.807) is 11.6 Å². The molecule has 118 valence electrons. The van der Waals surface area contributed by atoms with Crippen LogP contribution in [0.5, 0.6) is 5.88 Å². The van der Waals surface area contributed by atoms with Gasteiger partial charge in [0, 0.05) is 12.0 Å². The number of fused-ring (bicyclic) bond motifs is 1. The fourth-order valence-corrected chi connectivity index (χ4v) is 2.61. The average molecular weight is 317 g/mol. The Balaban J connectivity index is 1.83. The normalized spacial score (nSPS) is 10.9. The van der Waals surface area contributed by atoms with E-state index in [1.165, 1.54) is 0 Å². The Kier molecular flexibility index (Phi) is 3.63. The number of hydrogen-bond donors (Lipinski definition) is 0. The standard InChI is InChI=1S/C18H15N5O/c1-24-17-16(14-10-6-3-7-11-14)23-18(19-17)21-20-15(22-23)12-13-8-4-2-5-9-13/h2-11H,12H2,1H3. The third-order valence-electron chi connectivity index (χ3n) is 3.72. The van der Waals surface area contributed by atoms with E-state index in [0.29, 0.717) is 23.9 Å². The highest BCUT2D eigenvalue weighted by Gasteiger charge is 2.17. The number of benzene rings is 2. The van der Waals surface area contributed by atoms with E-state index in [1.807, 2.05) is 60.7 Å². The van der Waals surface area contributed by atoms with Crippen LogP contribution < -0.4 is 4.74 Å². The van der Waals surface area contributed by atoms with Crippen LogP contribution in [0.4, 0.5) is 0 Å². The molecule has 0 spiro atoms. The van der Waals surface area contributed by atoms with Crippen LogP contribution in [0.3, 0.4) is 0 Å². The van der Waals surface area contributed by atoms with Gasteiger partial charge in [-0.2, -0.15) is 9.50 Å². The molecule has 0 radical (unpaired) electrons. The second-order valence-corrected chi connectivity index (χ2v) is 5.33. The van der Waals surface area contributed by atoms with Crippen LogP contribution in [-0.4, -0.2) is 31.9 Å². The van der Waals surface area contributed by atoms with Gasteiger partial charge in [0.25, 0.3) is 5.78 Å². The first-order valence-electron chi connectivity index (χ1n) is 7.61. The lowest BCUT2D eigenvalue weighted by Gasteiger charge is -2.04. The maximum Gasteiger partial charge on any atom is 0.274 e.